The van der Waals surface area contributed by atoms with Gasteiger partial charge in [-0.1, -0.05) is 29.8 Å². The van der Waals surface area contributed by atoms with Crippen LogP contribution >= 0.6 is 18.7 Å². The summed E-state index contributed by atoms with van der Waals surface area (Å²) in [6.45, 7) is 6.42. The molecule has 2 aromatic carbocycles. The molecule has 10 heteroatoms. The van der Waals surface area contributed by atoms with Crippen LogP contribution in [-0.2, 0) is 9.30 Å². The maximum atomic E-state index is 12.7. The molecule has 1 aliphatic rings. The first-order valence-electron chi connectivity index (χ1n) is 10.6. The minimum absolute atomic E-state index is 0.353. The van der Waals surface area contributed by atoms with E-state index in [-0.39, 0.29) is 0 Å². The fourth-order valence-electron chi connectivity index (χ4n) is 3.70. The van der Waals surface area contributed by atoms with Crippen molar-refractivity contribution in [2.24, 2.45) is 0 Å². The molecule has 1 aromatic heterocycles. The van der Waals surface area contributed by atoms with Crippen molar-refractivity contribution in [3.8, 4) is 5.75 Å². The first-order chi connectivity index (χ1) is 15.9. The Hall–Kier alpha value is -2.80. The molecule has 1 aliphatic heterocycles. The second-order valence-electron chi connectivity index (χ2n) is 7.97. The summed E-state index contributed by atoms with van der Waals surface area (Å²) >= 11 is 6.37. The van der Waals surface area contributed by atoms with Crippen LogP contribution in [-0.4, -0.2) is 56.7 Å². The summed E-state index contributed by atoms with van der Waals surface area (Å²) in [6, 6.07) is 13.3. The summed E-state index contributed by atoms with van der Waals surface area (Å²) in [4.78, 5) is 11.1. The van der Waals surface area contributed by atoms with E-state index in [1.807, 2.05) is 42.5 Å². The first-order valence-corrected chi connectivity index (χ1v) is 13.6. The predicted octanol–water partition coefficient (Wildman–Crippen LogP) is 4.71. The molecular formula is C23H27ClN5O3P. The molecule has 8 nitrogen and oxygen atoms in total. The van der Waals surface area contributed by atoms with E-state index >= 15 is 0 Å². The van der Waals surface area contributed by atoms with Gasteiger partial charge in [0.1, 0.15) is 12.2 Å². The summed E-state index contributed by atoms with van der Waals surface area (Å²) < 4.78 is 23.9. The van der Waals surface area contributed by atoms with Crippen molar-refractivity contribution in [1.82, 2.24) is 9.97 Å². The molecule has 1 saturated heterocycles. The maximum Gasteiger partial charge on any atom is 0.229 e. The van der Waals surface area contributed by atoms with E-state index in [2.05, 4.69) is 25.5 Å². The lowest BCUT2D eigenvalue weighted by atomic mass is 10.2. The van der Waals surface area contributed by atoms with Gasteiger partial charge in [0.2, 0.25) is 5.95 Å². The van der Waals surface area contributed by atoms with E-state index in [4.69, 9.17) is 21.1 Å². The molecule has 2 heterocycles. The molecule has 0 radical (unpaired) electrons. The zero-order valence-corrected chi connectivity index (χ0v) is 20.5. The number of methoxy groups -OCH3 is 1. The van der Waals surface area contributed by atoms with Gasteiger partial charge in [-0.3, -0.25) is 0 Å². The molecule has 4 rings (SSSR count). The van der Waals surface area contributed by atoms with Gasteiger partial charge in [-0.2, -0.15) is 4.98 Å². The number of aromatic nitrogens is 2. The van der Waals surface area contributed by atoms with Gasteiger partial charge in [-0.05, 0) is 37.6 Å². The molecule has 174 valence electrons. The Morgan fingerprint density at radius 2 is 1.79 bits per heavy atom. The monoisotopic (exact) mass is 487 g/mol. The number of benzene rings is 2. The number of rotatable bonds is 7. The summed E-state index contributed by atoms with van der Waals surface area (Å²) in [7, 11) is -0.855. The fraction of sp³-hybridized carbons (Fsp3) is 0.304. The lowest BCUT2D eigenvalue weighted by Gasteiger charge is -2.30. The van der Waals surface area contributed by atoms with Crippen LogP contribution in [0.5, 0.6) is 5.75 Å². The van der Waals surface area contributed by atoms with Crippen molar-refractivity contribution in [1.29, 1.82) is 0 Å². The number of hydrogen-bond donors (Lipinski definition) is 2. The minimum Gasteiger partial charge on any atom is -0.492 e. The normalized spacial score (nSPS) is 14.1. The molecule has 0 spiro atoms. The minimum atomic E-state index is -2.50. The molecule has 33 heavy (non-hydrogen) atoms. The number of nitrogens with one attached hydrogen (secondary N) is 2. The Balaban J connectivity index is 1.63. The van der Waals surface area contributed by atoms with Crippen LogP contribution in [0.4, 0.5) is 28.8 Å². The van der Waals surface area contributed by atoms with E-state index in [1.54, 1.807) is 20.4 Å². The standard InChI is InChI=1S/C23H27ClN5O3P/c1-31-21-18(8-6-9-19(21)29-11-13-32-14-12-29)27-23-25-15-16(24)22(28-23)26-17-7-4-5-10-20(17)33(2,3)30/h4-10,15H,11-14H2,1-3H3,(H2,25,26,27,28). The smallest absolute Gasteiger partial charge is 0.229 e. The molecule has 2 N–H and O–H groups in total. The number of morpholine rings is 1. The SMILES string of the molecule is COc1c(Nc2ncc(Cl)c(Nc3ccccc3P(C)(C)=O)n2)cccc1N1CCOCC1. The summed E-state index contributed by atoms with van der Waals surface area (Å²) in [5, 5.41) is 7.54. The molecule has 0 unspecified atom stereocenters. The highest BCUT2D eigenvalue weighted by atomic mass is 35.5. The van der Waals surface area contributed by atoms with E-state index in [0.29, 0.717) is 41.4 Å². The van der Waals surface area contributed by atoms with Gasteiger partial charge in [-0.25, -0.2) is 4.98 Å². The third kappa shape index (κ3) is 5.41. The highest BCUT2D eigenvalue weighted by molar-refractivity contribution is 7.70. The topological polar surface area (TPSA) is 88.6 Å². The molecule has 1 fully saturated rings. The average molecular weight is 488 g/mol. The van der Waals surface area contributed by atoms with Crippen LogP contribution in [0.1, 0.15) is 0 Å². The zero-order valence-electron chi connectivity index (χ0n) is 18.8. The first kappa shape index (κ1) is 23.4. The second-order valence-corrected chi connectivity index (χ2v) is 11.6. The number of hydrogen-bond acceptors (Lipinski definition) is 8. The number of nitrogens with zero attached hydrogens (tertiary/aromatic N) is 3. The van der Waals surface area contributed by atoms with Crippen molar-refractivity contribution in [3.63, 3.8) is 0 Å². The highest BCUT2D eigenvalue weighted by Crippen LogP contribution is 2.39. The number of para-hydroxylation sites is 2. The number of halogens is 1. The Kier molecular flexibility index (Phi) is 7.08. The van der Waals surface area contributed by atoms with Gasteiger partial charge in [0.25, 0.3) is 0 Å². The van der Waals surface area contributed by atoms with Gasteiger partial charge in [0.05, 0.1) is 43.6 Å². The van der Waals surface area contributed by atoms with E-state index in [1.165, 1.54) is 6.20 Å². The van der Waals surface area contributed by atoms with Crippen LogP contribution in [0.15, 0.2) is 48.7 Å². The highest BCUT2D eigenvalue weighted by Gasteiger charge is 2.20. The third-order valence-electron chi connectivity index (χ3n) is 5.28. The Labute approximate surface area is 198 Å². The van der Waals surface area contributed by atoms with Crippen LogP contribution in [0.25, 0.3) is 0 Å². The summed E-state index contributed by atoms with van der Waals surface area (Å²) in [6.07, 6.45) is 1.53. The average Bonchev–Trinajstić information content (AvgIpc) is 2.81. The maximum absolute atomic E-state index is 12.7. The van der Waals surface area contributed by atoms with Crippen LogP contribution in [0, 0.1) is 0 Å². The lowest BCUT2D eigenvalue weighted by molar-refractivity contribution is 0.122. The van der Waals surface area contributed by atoms with Crippen molar-refractivity contribution in [3.05, 3.63) is 53.7 Å². The Morgan fingerprint density at radius 3 is 2.52 bits per heavy atom. The molecular weight excluding hydrogens is 461 g/mol. The van der Waals surface area contributed by atoms with E-state index in [9.17, 15) is 4.57 Å². The van der Waals surface area contributed by atoms with Crippen molar-refractivity contribution in [2.45, 2.75) is 0 Å². The molecule has 0 saturated carbocycles. The van der Waals surface area contributed by atoms with Crippen LogP contribution in [0.2, 0.25) is 5.02 Å². The van der Waals surface area contributed by atoms with Crippen molar-refractivity contribution < 1.29 is 14.0 Å². The van der Waals surface area contributed by atoms with Gasteiger partial charge >= 0.3 is 0 Å². The number of ether oxygens (including phenoxy) is 2. The zero-order chi connectivity index (χ0) is 23.4. The van der Waals surface area contributed by atoms with Gasteiger partial charge in [-0.15, -0.1) is 0 Å². The molecule has 3 aromatic rings. The van der Waals surface area contributed by atoms with Gasteiger partial charge < -0.3 is 29.6 Å². The van der Waals surface area contributed by atoms with E-state index < -0.39 is 7.14 Å². The molecule has 0 bridgehead atoms. The predicted molar refractivity (Wildman–Crippen MR) is 135 cm³/mol. The van der Waals surface area contributed by atoms with Gasteiger partial charge in [0, 0.05) is 18.4 Å². The van der Waals surface area contributed by atoms with Crippen LogP contribution in [0.3, 0.4) is 0 Å². The third-order valence-corrected chi connectivity index (χ3v) is 7.10. The number of anilines is 5. The van der Waals surface area contributed by atoms with E-state index in [0.717, 1.165) is 29.8 Å². The van der Waals surface area contributed by atoms with Crippen molar-refractivity contribution >= 4 is 52.9 Å². The quantitative estimate of drug-likeness (QED) is 0.463. The lowest BCUT2D eigenvalue weighted by Crippen LogP contribution is -2.36. The molecule has 0 atom stereocenters. The largest absolute Gasteiger partial charge is 0.492 e. The Morgan fingerprint density at radius 1 is 1.06 bits per heavy atom. The van der Waals surface area contributed by atoms with Crippen molar-refractivity contribution in [2.75, 3.05) is 62.3 Å². The Bertz CT molecular complexity index is 1180. The fourth-order valence-corrected chi connectivity index (χ4v) is 5.00. The summed E-state index contributed by atoms with van der Waals surface area (Å²) in [5.41, 5.74) is 2.42. The van der Waals surface area contributed by atoms with Gasteiger partial charge in [0.15, 0.2) is 11.6 Å². The molecule has 0 amide bonds. The molecule has 0 aliphatic carbocycles. The second kappa shape index (κ2) is 10.00. The summed E-state index contributed by atoms with van der Waals surface area (Å²) in [5.74, 6) is 1.47. The van der Waals surface area contributed by atoms with Crippen LogP contribution < -0.4 is 25.6 Å².